The van der Waals surface area contributed by atoms with Crippen molar-refractivity contribution in [3.05, 3.63) is 23.8 Å². The zero-order valence-corrected chi connectivity index (χ0v) is 10.8. The largest absolute Gasteiger partial charge is 0.493 e. The quantitative estimate of drug-likeness (QED) is 0.589. The molecule has 18 heavy (non-hydrogen) atoms. The summed E-state index contributed by atoms with van der Waals surface area (Å²) in [5, 5.41) is 0. The average Bonchev–Trinajstić information content (AvgIpc) is 2.42. The Labute approximate surface area is 107 Å². The normalized spacial score (nSPS) is 9.94. The lowest BCUT2D eigenvalue weighted by molar-refractivity contribution is -0.140. The van der Waals surface area contributed by atoms with E-state index in [1.54, 1.807) is 7.11 Å². The molecule has 100 valence electrons. The Morgan fingerprint density at radius 1 is 1.33 bits per heavy atom. The highest BCUT2D eigenvalue weighted by molar-refractivity contribution is 5.69. The lowest BCUT2D eigenvalue weighted by Gasteiger charge is -2.13. The number of nitrogens with two attached hydrogens (primary N) is 1. The molecule has 1 aromatic carbocycles. The Bertz CT molecular complexity index is 370. The van der Waals surface area contributed by atoms with Gasteiger partial charge in [-0.15, -0.1) is 0 Å². The molecule has 0 aliphatic heterocycles. The summed E-state index contributed by atoms with van der Waals surface area (Å²) < 4.78 is 15.4. The zero-order valence-electron chi connectivity index (χ0n) is 10.8. The molecule has 0 amide bonds. The Hall–Kier alpha value is -1.75. The third kappa shape index (κ3) is 3.92. The number of para-hydroxylation sites is 1. The van der Waals surface area contributed by atoms with E-state index in [2.05, 4.69) is 4.74 Å². The first-order valence-corrected chi connectivity index (χ1v) is 5.78. The fraction of sp³-hybridized carbons (Fsp3) is 0.462. The number of hydrogen-bond donors (Lipinski definition) is 1. The van der Waals surface area contributed by atoms with Crippen LogP contribution in [0.15, 0.2) is 18.2 Å². The zero-order chi connectivity index (χ0) is 13.4. The first kappa shape index (κ1) is 14.3. The van der Waals surface area contributed by atoms with E-state index in [0.29, 0.717) is 37.5 Å². The van der Waals surface area contributed by atoms with Gasteiger partial charge in [0.15, 0.2) is 11.5 Å². The van der Waals surface area contributed by atoms with Crippen molar-refractivity contribution in [3.8, 4) is 11.5 Å². The summed E-state index contributed by atoms with van der Waals surface area (Å²) in [5.74, 6) is 1.06. The number of rotatable bonds is 7. The SMILES string of the molecule is COC(=O)CCCOc1c(CN)cccc1OC. The lowest BCUT2D eigenvalue weighted by atomic mass is 10.2. The average molecular weight is 253 g/mol. The number of benzene rings is 1. The molecular weight excluding hydrogens is 234 g/mol. The van der Waals surface area contributed by atoms with Crippen molar-refractivity contribution in [1.82, 2.24) is 0 Å². The molecule has 1 aromatic rings. The van der Waals surface area contributed by atoms with E-state index in [-0.39, 0.29) is 5.97 Å². The predicted octanol–water partition coefficient (Wildman–Crippen LogP) is 1.49. The van der Waals surface area contributed by atoms with Gasteiger partial charge in [0.2, 0.25) is 0 Å². The maximum Gasteiger partial charge on any atom is 0.305 e. The highest BCUT2D eigenvalue weighted by Crippen LogP contribution is 2.30. The van der Waals surface area contributed by atoms with Gasteiger partial charge in [0.1, 0.15) is 0 Å². The van der Waals surface area contributed by atoms with Crippen LogP contribution in [0.2, 0.25) is 0 Å². The summed E-state index contributed by atoms with van der Waals surface area (Å²) in [7, 11) is 2.95. The third-order valence-electron chi connectivity index (χ3n) is 2.50. The van der Waals surface area contributed by atoms with Crippen molar-refractivity contribution in [1.29, 1.82) is 0 Å². The molecule has 5 nitrogen and oxygen atoms in total. The fourth-order valence-electron chi connectivity index (χ4n) is 1.54. The topological polar surface area (TPSA) is 70.8 Å². The second kappa shape index (κ2) is 7.55. The van der Waals surface area contributed by atoms with Crippen LogP contribution in [0.25, 0.3) is 0 Å². The van der Waals surface area contributed by atoms with Crippen LogP contribution in [-0.2, 0) is 16.1 Å². The molecule has 0 aliphatic carbocycles. The maximum atomic E-state index is 10.9. The van der Waals surface area contributed by atoms with Crippen LogP contribution in [0.5, 0.6) is 11.5 Å². The third-order valence-corrected chi connectivity index (χ3v) is 2.50. The summed E-state index contributed by atoms with van der Waals surface area (Å²) in [5.41, 5.74) is 6.52. The van der Waals surface area contributed by atoms with Crippen LogP contribution in [0.1, 0.15) is 18.4 Å². The van der Waals surface area contributed by atoms with E-state index >= 15 is 0 Å². The maximum absolute atomic E-state index is 10.9. The Morgan fingerprint density at radius 2 is 2.11 bits per heavy atom. The number of hydrogen-bond acceptors (Lipinski definition) is 5. The van der Waals surface area contributed by atoms with Gasteiger partial charge in [-0.2, -0.15) is 0 Å². The van der Waals surface area contributed by atoms with Crippen molar-refractivity contribution >= 4 is 5.97 Å². The smallest absolute Gasteiger partial charge is 0.305 e. The first-order valence-electron chi connectivity index (χ1n) is 5.78. The van der Waals surface area contributed by atoms with Gasteiger partial charge < -0.3 is 19.9 Å². The summed E-state index contributed by atoms with van der Waals surface area (Å²) in [6.07, 6.45) is 0.929. The van der Waals surface area contributed by atoms with Crippen LogP contribution >= 0.6 is 0 Å². The van der Waals surface area contributed by atoms with E-state index in [0.717, 1.165) is 5.56 Å². The molecule has 0 radical (unpaired) electrons. The van der Waals surface area contributed by atoms with Gasteiger partial charge in [0, 0.05) is 18.5 Å². The molecule has 2 N–H and O–H groups in total. The van der Waals surface area contributed by atoms with Gasteiger partial charge in [-0.25, -0.2) is 0 Å². The number of methoxy groups -OCH3 is 2. The van der Waals surface area contributed by atoms with E-state index in [1.165, 1.54) is 7.11 Å². The van der Waals surface area contributed by atoms with Crippen molar-refractivity contribution in [2.45, 2.75) is 19.4 Å². The highest BCUT2D eigenvalue weighted by atomic mass is 16.5. The highest BCUT2D eigenvalue weighted by Gasteiger charge is 2.09. The second-order valence-electron chi connectivity index (χ2n) is 3.68. The number of carbonyl (C=O) groups is 1. The monoisotopic (exact) mass is 253 g/mol. The Balaban J connectivity index is 2.57. The minimum atomic E-state index is -0.238. The number of esters is 1. The summed E-state index contributed by atoms with van der Waals surface area (Å²) in [4.78, 5) is 10.9. The summed E-state index contributed by atoms with van der Waals surface area (Å²) in [6, 6.07) is 5.56. The van der Waals surface area contributed by atoms with E-state index in [4.69, 9.17) is 15.2 Å². The molecule has 0 aromatic heterocycles. The van der Waals surface area contributed by atoms with Crippen molar-refractivity contribution in [2.24, 2.45) is 5.73 Å². The van der Waals surface area contributed by atoms with E-state index < -0.39 is 0 Å². The number of ether oxygens (including phenoxy) is 3. The first-order chi connectivity index (χ1) is 8.72. The standard InChI is InChI=1S/C13H19NO4/c1-16-11-6-3-5-10(9-14)13(11)18-8-4-7-12(15)17-2/h3,5-6H,4,7-9,14H2,1-2H3. The van der Waals surface area contributed by atoms with Gasteiger partial charge >= 0.3 is 5.97 Å². The van der Waals surface area contributed by atoms with Gasteiger partial charge in [0.25, 0.3) is 0 Å². The molecule has 5 heteroatoms. The molecule has 0 unspecified atom stereocenters. The van der Waals surface area contributed by atoms with Crippen LogP contribution in [0.4, 0.5) is 0 Å². The molecule has 0 aliphatic rings. The predicted molar refractivity (Wildman–Crippen MR) is 67.6 cm³/mol. The van der Waals surface area contributed by atoms with Crippen molar-refractivity contribution < 1.29 is 19.0 Å². The molecule has 1 rings (SSSR count). The van der Waals surface area contributed by atoms with E-state index in [1.807, 2.05) is 18.2 Å². The molecule has 0 fully saturated rings. The van der Waals surface area contributed by atoms with Crippen LogP contribution in [0.3, 0.4) is 0 Å². The molecule has 0 heterocycles. The Morgan fingerprint density at radius 3 is 2.72 bits per heavy atom. The van der Waals surface area contributed by atoms with Crippen LogP contribution in [-0.4, -0.2) is 26.8 Å². The van der Waals surface area contributed by atoms with Crippen LogP contribution in [0, 0.1) is 0 Å². The molecule has 0 saturated heterocycles. The molecule has 0 saturated carbocycles. The van der Waals surface area contributed by atoms with Gasteiger partial charge in [-0.3, -0.25) is 4.79 Å². The van der Waals surface area contributed by atoms with Gasteiger partial charge in [0.05, 0.1) is 20.8 Å². The lowest BCUT2D eigenvalue weighted by Crippen LogP contribution is -2.07. The minimum Gasteiger partial charge on any atom is -0.493 e. The Kier molecular flexibility index (Phi) is 6.00. The minimum absolute atomic E-state index is 0.238. The van der Waals surface area contributed by atoms with E-state index in [9.17, 15) is 4.79 Å². The van der Waals surface area contributed by atoms with Gasteiger partial charge in [-0.05, 0) is 12.5 Å². The molecule has 0 atom stereocenters. The number of carbonyl (C=O) groups excluding carboxylic acids is 1. The molecule has 0 bridgehead atoms. The van der Waals surface area contributed by atoms with Crippen LogP contribution < -0.4 is 15.2 Å². The second-order valence-corrected chi connectivity index (χ2v) is 3.68. The van der Waals surface area contributed by atoms with Crippen molar-refractivity contribution in [3.63, 3.8) is 0 Å². The molecule has 0 spiro atoms. The fourth-order valence-corrected chi connectivity index (χ4v) is 1.54. The molecular formula is C13H19NO4. The summed E-state index contributed by atoms with van der Waals surface area (Å²) >= 11 is 0. The summed E-state index contributed by atoms with van der Waals surface area (Å²) in [6.45, 7) is 0.798. The van der Waals surface area contributed by atoms with Crippen molar-refractivity contribution in [2.75, 3.05) is 20.8 Å². The van der Waals surface area contributed by atoms with Gasteiger partial charge in [-0.1, -0.05) is 12.1 Å².